The molecule has 0 saturated heterocycles. The van der Waals surface area contributed by atoms with Gasteiger partial charge in [-0.15, -0.1) is 0 Å². The van der Waals surface area contributed by atoms with Gasteiger partial charge in [0, 0.05) is 24.1 Å². The Morgan fingerprint density at radius 2 is 1.40 bits per heavy atom. The number of nitrogens with zero attached hydrogens (tertiary/aromatic N) is 1. The van der Waals surface area contributed by atoms with Gasteiger partial charge in [-0.2, -0.15) is 0 Å². The average molecular weight is 340 g/mol. The molecule has 0 heterocycles. The lowest BCUT2D eigenvalue weighted by atomic mass is 10.1. The number of rotatable bonds is 11. The van der Waals surface area contributed by atoms with Crippen molar-refractivity contribution < 1.29 is 0 Å². The van der Waals surface area contributed by atoms with E-state index in [1.54, 1.807) is 0 Å². The molecular weight excluding hydrogens is 310 g/mol. The lowest BCUT2D eigenvalue weighted by molar-refractivity contribution is 0.586. The fourth-order valence-electron chi connectivity index (χ4n) is 2.51. The molecule has 1 nitrogen and oxygen atoms in total. The number of alkyl halides is 1. The first-order chi connectivity index (χ1) is 9.77. The maximum atomic E-state index is 3.49. The number of halogens is 1. The average Bonchev–Trinajstić information content (AvgIpc) is 2.47. The molecule has 0 spiro atoms. The smallest absolute Gasteiger partial charge is 0.0366 e. The van der Waals surface area contributed by atoms with E-state index in [9.17, 15) is 0 Å². The minimum Gasteiger partial charge on any atom is -0.372 e. The summed E-state index contributed by atoms with van der Waals surface area (Å²) in [5.41, 5.74) is 2.71. The van der Waals surface area contributed by atoms with Crippen molar-refractivity contribution in [2.75, 3.05) is 23.3 Å². The number of aryl methyl sites for hydroxylation is 1. The van der Waals surface area contributed by atoms with Gasteiger partial charge in [0.15, 0.2) is 0 Å². The SMILES string of the molecule is CCN(CCCCCCCCCBr)c1ccc(C)cc1. The summed E-state index contributed by atoms with van der Waals surface area (Å²) < 4.78 is 0. The van der Waals surface area contributed by atoms with E-state index in [2.05, 4.69) is 58.9 Å². The lowest BCUT2D eigenvalue weighted by Crippen LogP contribution is -2.23. The third-order valence-electron chi connectivity index (χ3n) is 3.84. The molecule has 1 aromatic rings. The van der Waals surface area contributed by atoms with E-state index in [-0.39, 0.29) is 0 Å². The summed E-state index contributed by atoms with van der Waals surface area (Å²) in [4.78, 5) is 2.49. The van der Waals surface area contributed by atoms with E-state index in [0.717, 1.165) is 11.9 Å². The van der Waals surface area contributed by atoms with Crippen LogP contribution in [0.1, 0.15) is 57.4 Å². The van der Waals surface area contributed by atoms with Gasteiger partial charge in [0.2, 0.25) is 0 Å². The molecular formula is C18H30BrN. The van der Waals surface area contributed by atoms with Crippen molar-refractivity contribution in [3.63, 3.8) is 0 Å². The molecule has 20 heavy (non-hydrogen) atoms. The van der Waals surface area contributed by atoms with Crippen LogP contribution in [0.5, 0.6) is 0 Å². The van der Waals surface area contributed by atoms with Crippen LogP contribution in [-0.4, -0.2) is 18.4 Å². The molecule has 1 rings (SSSR count). The van der Waals surface area contributed by atoms with Crippen LogP contribution in [0.4, 0.5) is 5.69 Å². The molecule has 1 aromatic carbocycles. The fraction of sp³-hybridized carbons (Fsp3) is 0.667. The normalized spacial score (nSPS) is 10.8. The summed E-state index contributed by atoms with van der Waals surface area (Å²) >= 11 is 3.49. The highest BCUT2D eigenvalue weighted by Crippen LogP contribution is 2.16. The first kappa shape index (κ1) is 17.6. The quantitative estimate of drug-likeness (QED) is 0.355. The van der Waals surface area contributed by atoms with Gasteiger partial charge in [-0.1, -0.05) is 65.7 Å². The minimum absolute atomic E-state index is 1.11. The minimum atomic E-state index is 1.11. The zero-order valence-corrected chi connectivity index (χ0v) is 14.8. The number of anilines is 1. The van der Waals surface area contributed by atoms with Crippen molar-refractivity contribution in [1.29, 1.82) is 0 Å². The summed E-state index contributed by atoms with van der Waals surface area (Å²) in [6.07, 6.45) is 9.61. The van der Waals surface area contributed by atoms with Crippen molar-refractivity contribution in [3.8, 4) is 0 Å². The number of hydrogen-bond acceptors (Lipinski definition) is 1. The molecule has 0 aromatic heterocycles. The predicted octanol–water partition coefficient (Wildman–Crippen LogP) is 5.95. The van der Waals surface area contributed by atoms with Crippen LogP contribution in [0, 0.1) is 6.92 Å². The van der Waals surface area contributed by atoms with Crippen LogP contribution in [-0.2, 0) is 0 Å². The van der Waals surface area contributed by atoms with Crippen molar-refractivity contribution in [3.05, 3.63) is 29.8 Å². The van der Waals surface area contributed by atoms with E-state index in [4.69, 9.17) is 0 Å². The van der Waals surface area contributed by atoms with E-state index >= 15 is 0 Å². The molecule has 0 aliphatic carbocycles. The van der Waals surface area contributed by atoms with Crippen LogP contribution in [0.3, 0.4) is 0 Å². The van der Waals surface area contributed by atoms with Crippen molar-refractivity contribution >= 4 is 21.6 Å². The molecule has 0 N–H and O–H groups in total. The standard InChI is InChI=1S/C18H30BrN/c1-3-20(18-13-11-17(2)12-14-18)16-10-8-6-4-5-7-9-15-19/h11-14H,3-10,15-16H2,1-2H3. The Hall–Kier alpha value is -0.500. The zero-order chi connectivity index (χ0) is 14.6. The molecule has 0 radical (unpaired) electrons. The van der Waals surface area contributed by atoms with Crippen molar-refractivity contribution in [1.82, 2.24) is 0 Å². The van der Waals surface area contributed by atoms with E-state index < -0.39 is 0 Å². The monoisotopic (exact) mass is 339 g/mol. The lowest BCUT2D eigenvalue weighted by Gasteiger charge is -2.23. The molecule has 114 valence electrons. The topological polar surface area (TPSA) is 3.24 Å². The Bertz CT molecular complexity index is 334. The third kappa shape index (κ3) is 7.33. The fourth-order valence-corrected chi connectivity index (χ4v) is 2.90. The zero-order valence-electron chi connectivity index (χ0n) is 13.2. The molecule has 2 heteroatoms. The second-order valence-corrected chi connectivity index (χ2v) is 6.37. The highest BCUT2D eigenvalue weighted by atomic mass is 79.9. The van der Waals surface area contributed by atoms with Gasteiger partial charge in [0.1, 0.15) is 0 Å². The van der Waals surface area contributed by atoms with E-state index in [1.165, 1.54) is 62.7 Å². The molecule has 0 unspecified atom stereocenters. The summed E-state index contributed by atoms with van der Waals surface area (Å²) in [6, 6.07) is 8.92. The Morgan fingerprint density at radius 3 is 1.95 bits per heavy atom. The molecule has 0 amide bonds. The van der Waals surface area contributed by atoms with Gasteiger partial charge >= 0.3 is 0 Å². The summed E-state index contributed by atoms with van der Waals surface area (Å²) in [7, 11) is 0. The second-order valence-electron chi connectivity index (χ2n) is 5.58. The van der Waals surface area contributed by atoms with Crippen LogP contribution >= 0.6 is 15.9 Å². The van der Waals surface area contributed by atoms with Gasteiger partial charge in [-0.05, 0) is 38.8 Å². The highest BCUT2D eigenvalue weighted by Gasteiger charge is 2.03. The van der Waals surface area contributed by atoms with E-state index in [0.29, 0.717) is 0 Å². The Balaban J connectivity index is 2.14. The van der Waals surface area contributed by atoms with Crippen LogP contribution < -0.4 is 4.90 Å². The largest absolute Gasteiger partial charge is 0.372 e. The number of benzene rings is 1. The highest BCUT2D eigenvalue weighted by molar-refractivity contribution is 9.09. The predicted molar refractivity (Wildman–Crippen MR) is 95.2 cm³/mol. The molecule has 0 bridgehead atoms. The molecule has 0 atom stereocenters. The van der Waals surface area contributed by atoms with Crippen molar-refractivity contribution in [2.45, 2.75) is 58.8 Å². The maximum absolute atomic E-state index is 3.49. The summed E-state index contributed by atoms with van der Waals surface area (Å²) in [6.45, 7) is 6.70. The summed E-state index contributed by atoms with van der Waals surface area (Å²) in [5, 5.41) is 1.16. The summed E-state index contributed by atoms with van der Waals surface area (Å²) in [5.74, 6) is 0. The first-order valence-electron chi connectivity index (χ1n) is 8.15. The molecule has 0 saturated carbocycles. The van der Waals surface area contributed by atoms with Gasteiger partial charge in [-0.3, -0.25) is 0 Å². The second kappa shape index (κ2) is 11.2. The Kier molecular flexibility index (Phi) is 9.82. The maximum Gasteiger partial charge on any atom is 0.0366 e. The number of hydrogen-bond donors (Lipinski definition) is 0. The van der Waals surface area contributed by atoms with E-state index in [1.807, 2.05) is 0 Å². The molecule has 0 fully saturated rings. The third-order valence-corrected chi connectivity index (χ3v) is 4.40. The Morgan fingerprint density at radius 1 is 0.850 bits per heavy atom. The van der Waals surface area contributed by atoms with Crippen LogP contribution in [0.15, 0.2) is 24.3 Å². The molecule has 0 aliphatic rings. The van der Waals surface area contributed by atoms with Gasteiger partial charge in [0.25, 0.3) is 0 Å². The molecule has 0 aliphatic heterocycles. The van der Waals surface area contributed by atoms with Gasteiger partial charge in [0.05, 0.1) is 0 Å². The Labute approximate surface area is 133 Å². The van der Waals surface area contributed by atoms with Gasteiger partial charge < -0.3 is 4.90 Å². The first-order valence-corrected chi connectivity index (χ1v) is 9.27. The van der Waals surface area contributed by atoms with Crippen LogP contribution in [0.25, 0.3) is 0 Å². The van der Waals surface area contributed by atoms with Crippen LogP contribution in [0.2, 0.25) is 0 Å². The van der Waals surface area contributed by atoms with Gasteiger partial charge in [-0.25, -0.2) is 0 Å². The number of unbranched alkanes of at least 4 members (excludes halogenated alkanes) is 6. The van der Waals surface area contributed by atoms with Crippen molar-refractivity contribution in [2.24, 2.45) is 0 Å².